The minimum atomic E-state index is -0.999. The van der Waals surface area contributed by atoms with Crippen molar-refractivity contribution in [3.63, 3.8) is 0 Å². The molecule has 1 heterocycles. The Balaban J connectivity index is 1.41. The molecule has 4 aromatic carbocycles. The number of carboxylic acids is 1. The topological polar surface area (TPSA) is 120 Å². The number of aliphatic carboxylic acids is 1. The summed E-state index contributed by atoms with van der Waals surface area (Å²) in [5.74, 6) is -0.839. The van der Waals surface area contributed by atoms with Crippen LogP contribution in [-0.2, 0) is 17.9 Å². The molecule has 212 valence electrons. The molecule has 1 aliphatic rings. The molecule has 2 atom stereocenters. The van der Waals surface area contributed by atoms with E-state index < -0.39 is 24.1 Å². The van der Waals surface area contributed by atoms with Gasteiger partial charge >= 0.3 is 11.9 Å². The second kappa shape index (κ2) is 12.7. The van der Waals surface area contributed by atoms with Gasteiger partial charge in [-0.2, -0.15) is 5.26 Å². The number of ether oxygens (including phenoxy) is 2. The number of carbonyl (C=O) groups is 2. The van der Waals surface area contributed by atoms with Gasteiger partial charge in [-0.1, -0.05) is 60.7 Å². The first-order chi connectivity index (χ1) is 20.3. The van der Waals surface area contributed by atoms with Gasteiger partial charge in [-0.15, -0.1) is 0 Å². The summed E-state index contributed by atoms with van der Waals surface area (Å²) in [6, 6.07) is 28.6. The molecule has 0 saturated carbocycles. The third kappa shape index (κ3) is 6.50. The molecule has 0 spiro atoms. The summed E-state index contributed by atoms with van der Waals surface area (Å²) in [5, 5.41) is 29.0. The van der Waals surface area contributed by atoms with Crippen molar-refractivity contribution in [2.75, 3.05) is 6.54 Å². The SMILES string of the molecule is Cc1c(C(=O)Oc2ccc(CN3C[C@@H](O)C[C@@H]3C(=O)O)c(OCc3cccc(C#N)c3)c2)cccc1-c1ccccc1. The Bertz CT molecular complexity index is 1650. The zero-order valence-corrected chi connectivity index (χ0v) is 23.1. The van der Waals surface area contributed by atoms with Gasteiger partial charge in [0.25, 0.3) is 0 Å². The molecule has 0 unspecified atom stereocenters. The standard InChI is InChI=1S/C34H30N2O6/c1-22-29(25-9-3-2-4-10-25)11-6-12-30(22)34(40)42-28-14-13-26(19-36-20-27(37)16-31(36)33(38)39)32(17-28)41-21-24-8-5-7-23(15-24)18-35/h2-15,17,27,31,37H,16,19-21H2,1H3,(H,38,39)/t27-,31+/m0/s1. The van der Waals surface area contributed by atoms with Crippen LogP contribution < -0.4 is 9.47 Å². The van der Waals surface area contributed by atoms with Gasteiger partial charge in [-0.3, -0.25) is 9.69 Å². The molecule has 4 aromatic rings. The predicted octanol–water partition coefficient (Wildman–Crippen LogP) is 5.35. The molecule has 0 aliphatic carbocycles. The highest BCUT2D eigenvalue weighted by molar-refractivity contribution is 5.95. The first-order valence-corrected chi connectivity index (χ1v) is 13.6. The highest BCUT2D eigenvalue weighted by Gasteiger charge is 2.36. The number of benzene rings is 4. The Morgan fingerprint density at radius 3 is 2.55 bits per heavy atom. The molecule has 42 heavy (non-hydrogen) atoms. The molecule has 1 saturated heterocycles. The van der Waals surface area contributed by atoms with E-state index >= 15 is 0 Å². The number of β-amino-alcohol motifs (C(OH)–C–C–N with tert-alkyl or cyclic N) is 1. The van der Waals surface area contributed by atoms with Gasteiger partial charge in [-0.05, 0) is 53.4 Å². The Kier molecular flexibility index (Phi) is 8.63. The number of aliphatic hydroxyl groups excluding tert-OH is 1. The number of carbonyl (C=O) groups excluding carboxylic acids is 1. The zero-order chi connectivity index (χ0) is 29.6. The van der Waals surface area contributed by atoms with Crippen LogP contribution in [0, 0.1) is 18.3 Å². The summed E-state index contributed by atoms with van der Waals surface area (Å²) in [7, 11) is 0. The number of hydrogen-bond donors (Lipinski definition) is 2. The minimum absolute atomic E-state index is 0.142. The summed E-state index contributed by atoms with van der Waals surface area (Å²) >= 11 is 0. The van der Waals surface area contributed by atoms with E-state index in [0.717, 1.165) is 22.3 Å². The molecule has 0 radical (unpaired) electrons. The van der Waals surface area contributed by atoms with Crippen LogP contribution in [0.1, 0.15) is 39.0 Å². The van der Waals surface area contributed by atoms with Crippen LogP contribution in [0.2, 0.25) is 0 Å². The van der Waals surface area contributed by atoms with Crippen LogP contribution in [0.25, 0.3) is 11.1 Å². The third-order valence-corrected chi connectivity index (χ3v) is 7.38. The molecule has 1 fully saturated rings. The van der Waals surface area contributed by atoms with E-state index in [9.17, 15) is 25.1 Å². The van der Waals surface area contributed by atoms with E-state index in [1.165, 1.54) is 0 Å². The molecule has 8 nitrogen and oxygen atoms in total. The van der Waals surface area contributed by atoms with E-state index in [0.29, 0.717) is 22.4 Å². The van der Waals surface area contributed by atoms with Crippen LogP contribution in [0.3, 0.4) is 0 Å². The second-order valence-corrected chi connectivity index (χ2v) is 10.3. The van der Waals surface area contributed by atoms with Crippen molar-refractivity contribution < 1.29 is 29.3 Å². The number of rotatable bonds is 9. The third-order valence-electron chi connectivity index (χ3n) is 7.38. The largest absolute Gasteiger partial charge is 0.488 e. The molecule has 1 aliphatic heterocycles. The fourth-order valence-electron chi connectivity index (χ4n) is 5.23. The fourth-order valence-corrected chi connectivity index (χ4v) is 5.23. The van der Waals surface area contributed by atoms with Crippen molar-refractivity contribution in [3.05, 3.63) is 119 Å². The van der Waals surface area contributed by atoms with E-state index in [4.69, 9.17) is 9.47 Å². The maximum absolute atomic E-state index is 13.3. The lowest BCUT2D eigenvalue weighted by Gasteiger charge is -2.22. The number of nitriles is 1. The van der Waals surface area contributed by atoms with Crippen molar-refractivity contribution in [2.24, 2.45) is 0 Å². The van der Waals surface area contributed by atoms with Gasteiger partial charge < -0.3 is 19.7 Å². The average Bonchev–Trinajstić information content (AvgIpc) is 3.37. The van der Waals surface area contributed by atoms with Crippen molar-refractivity contribution in [1.29, 1.82) is 5.26 Å². The summed E-state index contributed by atoms with van der Waals surface area (Å²) in [5.41, 5.74) is 5.12. The summed E-state index contributed by atoms with van der Waals surface area (Å²) in [6.45, 7) is 2.46. The first kappa shape index (κ1) is 28.6. The highest BCUT2D eigenvalue weighted by atomic mass is 16.5. The van der Waals surface area contributed by atoms with E-state index in [1.807, 2.05) is 55.5 Å². The van der Waals surface area contributed by atoms with Crippen molar-refractivity contribution in [1.82, 2.24) is 4.90 Å². The number of aliphatic hydroxyl groups is 1. The summed E-state index contributed by atoms with van der Waals surface area (Å²) < 4.78 is 11.9. The quantitative estimate of drug-likeness (QED) is 0.207. The smallest absolute Gasteiger partial charge is 0.343 e. The van der Waals surface area contributed by atoms with Crippen molar-refractivity contribution >= 4 is 11.9 Å². The summed E-state index contributed by atoms with van der Waals surface area (Å²) in [4.78, 5) is 26.8. The first-order valence-electron chi connectivity index (χ1n) is 13.6. The predicted molar refractivity (Wildman–Crippen MR) is 156 cm³/mol. The average molecular weight is 563 g/mol. The summed E-state index contributed by atoms with van der Waals surface area (Å²) in [6.07, 6.45) is -0.594. The molecular formula is C34H30N2O6. The Hall–Kier alpha value is -4.97. The molecule has 8 heteroatoms. The fraction of sp³-hybridized carbons (Fsp3) is 0.206. The lowest BCUT2D eigenvalue weighted by molar-refractivity contribution is -0.142. The molecular weight excluding hydrogens is 532 g/mol. The Morgan fingerprint density at radius 1 is 1.00 bits per heavy atom. The van der Waals surface area contributed by atoms with Crippen LogP contribution in [0.15, 0.2) is 91.0 Å². The van der Waals surface area contributed by atoms with Gasteiger partial charge in [0, 0.05) is 31.1 Å². The zero-order valence-electron chi connectivity index (χ0n) is 23.1. The maximum atomic E-state index is 13.3. The van der Waals surface area contributed by atoms with E-state index in [1.54, 1.807) is 47.4 Å². The number of likely N-dealkylation sites (tertiary alicyclic amines) is 1. The molecule has 0 amide bonds. The van der Waals surface area contributed by atoms with Gasteiger partial charge in [0.05, 0.1) is 23.3 Å². The lowest BCUT2D eigenvalue weighted by atomic mass is 9.96. The Morgan fingerprint density at radius 2 is 1.79 bits per heavy atom. The van der Waals surface area contributed by atoms with Crippen molar-refractivity contribution in [2.45, 2.75) is 38.6 Å². The molecule has 2 N–H and O–H groups in total. The monoisotopic (exact) mass is 562 g/mol. The lowest BCUT2D eigenvalue weighted by Crippen LogP contribution is -2.35. The number of nitrogens with zero attached hydrogens (tertiary/aromatic N) is 2. The van der Waals surface area contributed by atoms with Crippen LogP contribution in [0.5, 0.6) is 11.5 Å². The number of esters is 1. The van der Waals surface area contributed by atoms with Gasteiger partial charge in [0.2, 0.25) is 0 Å². The van der Waals surface area contributed by atoms with Crippen LogP contribution in [0.4, 0.5) is 0 Å². The molecule has 0 aromatic heterocycles. The number of hydrogen-bond acceptors (Lipinski definition) is 7. The second-order valence-electron chi connectivity index (χ2n) is 10.3. The molecule has 5 rings (SSSR count). The van der Waals surface area contributed by atoms with E-state index in [-0.39, 0.29) is 31.9 Å². The van der Waals surface area contributed by atoms with Crippen LogP contribution >= 0.6 is 0 Å². The van der Waals surface area contributed by atoms with Gasteiger partial charge in [0.15, 0.2) is 0 Å². The van der Waals surface area contributed by atoms with Crippen LogP contribution in [-0.4, -0.2) is 45.7 Å². The molecule has 0 bridgehead atoms. The minimum Gasteiger partial charge on any atom is -0.488 e. The van der Waals surface area contributed by atoms with Crippen molar-refractivity contribution in [3.8, 4) is 28.7 Å². The van der Waals surface area contributed by atoms with E-state index in [2.05, 4.69) is 6.07 Å². The van der Waals surface area contributed by atoms with Gasteiger partial charge in [-0.25, -0.2) is 4.79 Å². The highest BCUT2D eigenvalue weighted by Crippen LogP contribution is 2.31. The normalized spacial score (nSPS) is 16.5. The van der Waals surface area contributed by atoms with Gasteiger partial charge in [0.1, 0.15) is 24.1 Å². The number of carboxylic acid groups (broad SMARTS) is 1. The maximum Gasteiger partial charge on any atom is 0.343 e. The Labute approximate surface area is 244 Å².